The Morgan fingerprint density at radius 2 is 2.05 bits per heavy atom. The van der Waals surface area contributed by atoms with Crippen LogP contribution in [0.1, 0.15) is 18.9 Å². The normalized spacial score (nSPS) is 22.4. The molecule has 3 N–H and O–H groups in total. The van der Waals surface area contributed by atoms with E-state index in [1.54, 1.807) is 6.07 Å². The molecule has 1 aliphatic rings. The summed E-state index contributed by atoms with van der Waals surface area (Å²) in [5.74, 6) is 0. The smallest absolute Gasteiger partial charge is 0.292 e. The summed E-state index contributed by atoms with van der Waals surface area (Å²) >= 11 is 0. The fraction of sp³-hybridized carbons (Fsp3) is 0.571. The third-order valence-corrected chi connectivity index (χ3v) is 3.61. The van der Waals surface area contributed by atoms with Crippen molar-refractivity contribution < 1.29 is 15.1 Å². The number of hydrogen-bond donors (Lipinski definition) is 3. The van der Waals surface area contributed by atoms with E-state index in [2.05, 4.69) is 5.32 Å². The fourth-order valence-electron chi connectivity index (χ4n) is 2.54. The molecular weight excluding hydrogens is 274 g/mol. The maximum atomic E-state index is 11.2. The van der Waals surface area contributed by atoms with Crippen molar-refractivity contribution in [2.45, 2.75) is 32.1 Å². The van der Waals surface area contributed by atoms with Gasteiger partial charge in [0.15, 0.2) is 0 Å². The number of benzene rings is 1. The molecule has 0 spiro atoms. The lowest BCUT2D eigenvalue weighted by Gasteiger charge is -2.18. The number of nitro groups is 1. The Bertz CT molecular complexity index is 499. The van der Waals surface area contributed by atoms with E-state index < -0.39 is 17.1 Å². The van der Waals surface area contributed by atoms with Crippen LogP contribution in [-0.4, -0.2) is 51.9 Å². The third kappa shape index (κ3) is 3.69. The first kappa shape index (κ1) is 15.7. The molecule has 0 bridgehead atoms. The summed E-state index contributed by atoms with van der Waals surface area (Å²) in [4.78, 5) is 12.7. The number of rotatable bonds is 6. The maximum Gasteiger partial charge on any atom is 0.292 e. The van der Waals surface area contributed by atoms with Gasteiger partial charge in [0.2, 0.25) is 0 Å². The molecule has 1 aromatic rings. The second-order valence-corrected chi connectivity index (χ2v) is 5.32. The van der Waals surface area contributed by atoms with Gasteiger partial charge in [-0.05, 0) is 12.0 Å². The number of nitrogens with zero attached hydrogens (tertiary/aromatic N) is 2. The zero-order chi connectivity index (χ0) is 15.4. The maximum absolute atomic E-state index is 11.2. The minimum absolute atomic E-state index is 0.0567. The second kappa shape index (κ2) is 6.84. The highest BCUT2D eigenvalue weighted by Gasteiger charge is 2.30. The molecule has 1 fully saturated rings. The topological polar surface area (TPSA) is 98.9 Å². The SMILES string of the molecule is CCCNc1c(CN2CC(O)C(O)C2)cccc1[N+](=O)[O-]. The van der Waals surface area contributed by atoms with E-state index in [-0.39, 0.29) is 5.69 Å². The average Bonchev–Trinajstić information content (AvgIpc) is 2.75. The van der Waals surface area contributed by atoms with Gasteiger partial charge in [0, 0.05) is 32.2 Å². The van der Waals surface area contributed by atoms with Crippen LogP contribution in [0.4, 0.5) is 11.4 Å². The summed E-state index contributed by atoms with van der Waals surface area (Å²) in [6.45, 7) is 3.85. The van der Waals surface area contributed by atoms with Gasteiger partial charge in [-0.15, -0.1) is 0 Å². The number of aliphatic hydroxyl groups is 2. The number of anilines is 1. The van der Waals surface area contributed by atoms with Gasteiger partial charge in [0.1, 0.15) is 5.69 Å². The van der Waals surface area contributed by atoms with E-state index in [1.165, 1.54) is 6.07 Å². The van der Waals surface area contributed by atoms with Gasteiger partial charge < -0.3 is 15.5 Å². The second-order valence-electron chi connectivity index (χ2n) is 5.32. The molecule has 1 aliphatic heterocycles. The zero-order valence-electron chi connectivity index (χ0n) is 12.0. The molecule has 7 heteroatoms. The Labute approximate surface area is 123 Å². The lowest BCUT2D eigenvalue weighted by atomic mass is 10.1. The van der Waals surface area contributed by atoms with Gasteiger partial charge in [0.05, 0.1) is 17.1 Å². The Balaban J connectivity index is 2.21. The standard InChI is InChI=1S/C14H21N3O4/c1-2-6-15-14-10(4-3-5-11(14)17(20)21)7-16-8-12(18)13(19)9-16/h3-5,12-13,15,18-19H,2,6-9H2,1H3. The fourth-order valence-corrected chi connectivity index (χ4v) is 2.54. The van der Waals surface area contributed by atoms with Crippen LogP contribution in [0.25, 0.3) is 0 Å². The Kier molecular flexibility index (Phi) is 5.11. The molecule has 0 radical (unpaired) electrons. The summed E-state index contributed by atoms with van der Waals surface area (Å²) in [5, 5.41) is 33.4. The minimum atomic E-state index is -0.754. The molecule has 0 saturated carbocycles. The Hall–Kier alpha value is -1.70. The molecule has 116 valence electrons. The molecule has 1 aromatic carbocycles. The van der Waals surface area contributed by atoms with Crippen molar-refractivity contribution in [2.75, 3.05) is 25.0 Å². The largest absolute Gasteiger partial charge is 0.389 e. The number of aliphatic hydroxyl groups excluding tert-OH is 2. The Morgan fingerprint density at radius 3 is 2.62 bits per heavy atom. The summed E-state index contributed by atoms with van der Waals surface area (Å²) in [6, 6.07) is 4.98. The summed E-state index contributed by atoms with van der Waals surface area (Å²) in [7, 11) is 0. The van der Waals surface area contributed by atoms with E-state index in [0.717, 1.165) is 12.0 Å². The van der Waals surface area contributed by atoms with E-state index >= 15 is 0 Å². The summed E-state index contributed by atoms with van der Waals surface area (Å²) in [6.07, 6.45) is -0.640. The molecule has 0 aliphatic carbocycles. The first-order chi connectivity index (χ1) is 10.0. The number of nitro benzene ring substituents is 1. The molecule has 1 saturated heterocycles. The van der Waals surface area contributed by atoms with Crippen molar-refractivity contribution in [1.29, 1.82) is 0 Å². The van der Waals surface area contributed by atoms with Gasteiger partial charge in [-0.3, -0.25) is 15.0 Å². The van der Waals surface area contributed by atoms with E-state index in [1.807, 2.05) is 17.9 Å². The lowest BCUT2D eigenvalue weighted by Crippen LogP contribution is -2.22. The van der Waals surface area contributed by atoms with Crippen molar-refractivity contribution in [1.82, 2.24) is 4.90 Å². The molecule has 21 heavy (non-hydrogen) atoms. The number of para-hydroxylation sites is 1. The molecule has 7 nitrogen and oxygen atoms in total. The van der Waals surface area contributed by atoms with Crippen LogP contribution in [0.15, 0.2) is 18.2 Å². The van der Waals surface area contributed by atoms with Gasteiger partial charge in [0.25, 0.3) is 5.69 Å². The van der Waals surface area contributed by atoms with Crippen LogP contribution in [-0.2, 0) is 6.54 Å². The molecule has 0 amide bonds. The van der Waals surface area contributed by atoms with Crippen LogP contribution in [0.2, 0.25) is 0 Å². The number of likely N-dealkylation sites (tertiary alicyclic amines) is 1. The number of β-amino-alcohol motifs (C(OH)–C–C–N with tert-alkyl or cyclic N) is 2. The Morgan fingerprint density at radius 1 is 1.38 bits per heavy atom. The molecule has 0 aromatic heterocycles. The van der Waals surface area contributed by atoms with E-state index in [4.69, 9.17) is 0 Å². The van der Waals surface area contributed by atoms with Crippen LogP contribution in [0, 0.1) is 10.1 Å². The average molecular weight is 295 g/mol. The van der Waals surface area contributed by atoms with Gasteiger partial charge in [-0.25, -0.2) is 0 Å². The predicted molar refractivity (Wildman–Crippen MR) is 79.2 cm³/mol. The van der Waals surface area contributed by atoms with Crippen LogP contribution >= 0.6 is 0 Å². The predicted octanol–water partition coefficient (Wildman–Crippen LogP) is 0.954. The third-order valence-electron chi connectivity index (χ3n) is 3.61. The van der Waals surface area contributed by atoms with Gasteiger partial charge >= 0.3 is 0 Å². The first-order valence-electron chi connectivity index (χ1n) is 7.11. The molecular formula is C14H21N3O4. The van der Waals surface area contributed by atoms with Crippen LogP contribution < -0.4 is 5.32 Å². The van der Waals surface area contributed by atoms with Crippen molar-refractivity contribution in [3.05, 3.63) is 33.9 Å². The van der Waals surface area contributed by atoms with Crippen molar-refractivity contribution in [2.24, 2.45) is 0 Å². The molecule has 2 unspecified atom stereocenters. The number of hydrogen-bond acceptors (Lipinski definition) is 6. The highest BCUT2D eigenvalue weighted by Crippen LogP contribution is 2.30. The quantitative estimate of drug-likeness (QED) is 0.534. The summed E-state index contributed by atoms with van der Waals surface area (Å²) in [5.41, 5.74) is 1.39. The lowest BCUT2D eigenvalue weighted by molar-refractivity contribution is -0.384. The van der Waals surface area contributed by atoms with E-state index in [9.17, 15) is 20.3 Å². The van der Waals surface area contributed by atoms with Crippen molar-refractivity contribution in [3.8, 4) is 0 Å². The minimum Gasteiger partial charge on any atom is -0.389 e. The van der Waals surface area contributed by atoms with Crippen LogP contribution in [0.3, 0.4) is 0 Å². The van der Waals surface area contributed by atoms with Gasteiger partial charge in [-0.1, -0.05) is 19.1 Å². The summed E-state index contributed by atoms with van der Waals surface area (Å²) < 4.78 is 0. The van der Waals surface area contributed by atoms with Crippen LogP contribution in [0.5, 0.6) is 0 Å². The highest BCUT2D eigenvalue weighted by atomic mass is 16.6. The molecule has 2 rings (SSSR count). The van der Waals surface area contributed by atoms with Gasteiger partial charge in [-0.2, -0.15) is 0 Å². The molecule has 2 atom stereocenters. The number of nitrogens with one attached hydrogen (secondary N) is 1. The first-order valence-corrected chi connectivity index (χ1v) is 7.11. The highest BCUT2D eigenvalue weighted by molar-refractivity contribution is 5.66. The van der Waals surface area contributed by atoms with E-state index in [0.29, 0.717) is 31.9 Å². The monoisotopic (exact) mass is 295 g/mol. The molecule has 1 heterocycles. The zero-order valence-corrected chi connectivity index (χ0v) is 12.0. The van der Waals surface area contributed by atoms with Crippen molar-refractivity contribution in [3.63, 3.8) is 0 Å². The van der Waals surface area contributed by atoms with Crippen molar-refractivity contribution >= 4 is 11.4 Å².